The first-order chi connectivity index (χ1) is 9.11. The van der Waals surface area contributed by atoms with Gasteiger partial charge in [0, 0.05) is 19.5 Å². The van der Waals surface area contributed by atoms with E-state index in [9.17, 15) is 4.79 Å². The van der Waals surface area contributed by atoms with E-state index >= 15 is 0 Å². The van der Waals surface area contributed by atoms with Crippen LogP contribution in [-0.4, -0.2) is 30.9 Å². The molecule has 0 bridgehead atoms. The number of rotatable bonds is 5. The monoisotopic (exact) mass is 260 g/mol. The summed E-state index contributed by atoms with van der Waals surface area (Å²) < 4.78 is 0. The molecule has 1 aliphatic rings. The quantitative estimate of drug-likeness (QED) is 0.879. The normalized spacial score (nSPS) is 16.8. The molecule has 1 aliphatic heterocycles. The molecule has 0 aromatic heterocycles. The van der Waals surface area contributed by atoms with Gasteiger partial charge in [0.05, 0.1) is 0 Å². The second-order valence-electron chi connectivity index (χ2n) is 5.57. The van der Waals surface area contributed by atoms with Gasteiger partial charge in [-0.05, 0) is 36.6 Å². The van der Waals surface area contributed by atoms with E-state index in [1.54, 1.807) is 0 Å². The number of aryl methyl sites for hydroxylation is 1. The topological polar surface area (TPSA) is 32.3 Å². The van der Waals surface area contributed by atoms with Crippen molar-refractivity contribution in [2.45, 2.75) is 26.8 Å². The maximum atomic E-state index is 12.3. The van der Waals surface area contributed by atoms with Gasteiger partial charge in [0.1, 0.15) is 0 Å². The number of hydrogen-bond donors (Lipinski definition) is 1. The highest BCUT2D eigenvalue weighted by Crippen LogP contribution is 2.19. The van der Waals surface area contributed by atoms with E-state index in [1.165, 1.54) is 11.1 Å². The molecule has 0 aliphatic carbocycles. The zero-order chi connectivity index (χ0) is 13.8. The highest BCUT2D eigenvalue weighted by molar-refractivity contribution is 5.78. The van der Waals surface area contributed by atoms with Crippen LogP contribution in [0.4, 0.5) is 0 Å². The molecular formula is C16H24N2O. The fourth-order valence-corrected chi connectivity index (χ4v) is 2.45. The van der Waals surface area contributed by atoms with Crippen molar-refractivity contribution in [2.24, 2.45) is 11.8 Å². The standard InChI is InChI=1S/C16H24N2O/c1-4-13-5-7-14(8-6-13)11-18(3)16(19)12(2)15-9-17-10-15/h5-8,12,15,17H,4,9-11H2,1-3H3. The Bertz CT molecular complexity index is 423. The summed E-state index contributed by atoms with van der Waals surface area (Å²) in [7, 11) is 1.90. The lowest BCUT2D eigenvalue weighted by molar-refractivity contribution is -0.136. The predicted octanol–water partition coefficient (Wildman–Crippen LogP) is 2.06. The molecule has 3 heteroatoms. The summed E-state index contributed by atoms with van der Waals surface area (Å²) in [6.07, 6.45) is 1.06. The molecule has 104 valence electrons. The fourth-order valence-electron chi connectivity index (χ4n) is 2.45. The van der Waals surface area contributed by atoms with Gasteiger partial charge in [-0.2, -0.15) is 0 Å². The summed E-state index contributed by atoms with van der Waals surface area (Å²) in [5.41, 5.74) is 2.54. The van der Waals surface area contributed by atoms with Crippen molar-refractivity contribution in [1.82, 2.24) is 10.2 Å². The van der Waals surface area contributed by atoms with E-state index < -0.39 is 0 Å². The van der Waals surface area contributed by atoms with Crippen LogP contribution in [0.25, 0.3) is 0 Å². The van der Waals surface area contributed by atoms with Gasteiger partial charge in [-0.15, -0.1) is 0 Å². The summed E-state index contributed by atoms with van der Waals surface area (Å²) >= 11 is 0. The van der Waals surface area contributed by atoms with Crippen molar-refractivity contribution < 1.29 is 4.79 Å². The van der Waals surface area contributed by atoms with Crippen LogP contribution in [0.5, 0.6) is 0 Å². The van der Waals surface area contributed by atoms with Crippen molar-refractivity contribution in [3.05, 3.63) is 35.4 Å². The molecule has 3 nitrogen and oxygen atoms in total. The van der Waals surface area contributed by atoms with E-state index in [0.717, 1.165) is 19.5 Å². The van der Waals surface area contributed by atoms with E-state index in [1.807, 2.05) is 18.9 Å². The summed E-state index contributed by atoms with van der Waals surface area (Å²) in [6.45, 7) is 6.86. The summed E-state index contributed by atoms with van der Waals surface area (Å²) in [5.74, 6) is 0.893. The highest BCUT2D eigenvalue weighted by Gasteiger charge is 2.30. The Hall–Kier alpha value is -1.35. The third-order valence-electron chi connectivity index (χ3n) is 4.14. The fraction of sp³-hybridized carbons (Fsp3) is 0.562. The zero-order valence-corrected chi connectivity index (χ0v) is 12.1. The minimum Gasteiger partial charge on any atom is -0.341 e. The maximum Gasteiger partial charge on any atom is 0.225 e. The molecule has 0 spiro atoms. The zero-order valence-electron chi connectivity index (χ0n) is 12.1. The number of carbonyl (C=O) groups is 1. The molecule has 0 saturated carbocycles. The highest BCUT2D eigenvalue weighted by atomic mass is 16.2. The maximum absolute atomic E-state index is 12.3. The van der Waals surface area contributed by atoms with Crippen LogP contribution < -0.4 is 5.32 Å². The Balaban J connectivity index is 1.91. The average molecular weight is 260 g/mol. The first-order valence-corrected chi connectivity index (χ1v) is 7.15. The Morgan fingerprint density at radius 1 is 1.32 bits per heavy atom. The molecule has 2 rings (SSSR count). The van der Waals surface area contributed by atoms with E-state index in [2.05, 4.69) is 36.5 Å². The molecule has 1 saturated heterocycles. The lowest BCUT2D eigenvalue weighted by Crippen LogP contribution is -2.49. The van der Waals surface area contributed by atoms with Crippen LogP contribution in [-0.2, 0) is 17.8 Å². The van der Waals surface area contributed by atoms with Crippen LogP contribution in [0.2, 0.25) is 0 Å². The third kappa shape index (κ3) is 3.35. The van der Waals surface area contributed by atoms with Gasteiger partial charge in [-0.1, -0.05) is 38.1 Å². The van der Waals surface area contributed by atoms with Crippen LogP contribution >= 0.6 is 0 Å². The van der Waals surface area contributed by atoms with Crippen molar-refractivity contribution in [3.8, 4) is 0 Å². The first kappa shape index (κ1) is 14.1. The first-order valence-electron chi connectivity index (χ1n) is 7.15. The van der Waals surface area contributed by atoms with Gasteiger partial charge in [-0.3, -0.25) is 4.79 Å². The third-order valence-corrected chi connectivity index (χ3v) is 4.14. The van der Waals surface area contributed by atoms with Gasteiger partial charge < -0.3 is 10.2 Å². The van der Waals surface area contributed by atoms with Crippen LogP contribution in [0, 0.1) is 11.8 Å². The second kappa shape index (κ2) is 6.20. The second-order valence-corrected chi connectivity index (χ2v) is 5.57. The molecule has 1 amide bonds. The van der Waals surface area contributed by atoms with E-state index in [0.29, 0.717) is 12.5 Å². The van der Waals surface area contributed by atoms with Crippen LogP contribution in [0.15, 0.2) is 24.3 Å². The van der Waals surface area contributed by atoms with Gasteiger partial charge in [0.2, 0.25) is 5.91 Å². The van der Waals surface area contributed by atoms with Gasteiger partial charge >= 0.3 is 0 Å². The van der Waals surface area contributed by atoms with Crippen molar-refractivity contribution >= 4 is 5.91 Å². The van der Waals surface area contributed by atoms with Crippen molar-refractivity contribution in [3.63, 3.8) is 0 Å². The Kier molecular flexibility index (Phi) is 4.59. The average Bonchev–Trinajstić information content (AvgIpc) is 2.36. The molecule has 1 unspecified atom stereocenters. The van der Waals surface area contributed by atoms with Gasteiger partial charge in [0.15, 0.2) is 0 Å². The van der Waals surface area contributed by atoms with Gasteiger partial charge in [-0.25, -0.2) is 0 Å². The molecule has 0 radical (unpaired) electrons. The number of benzene rings is 1. The van der Waals surface area contributed by atoms with Crippen LogP contribution in [0.3, 0.4) is 0 Å². The molecule has 1 fully saturated rings. The molecular weight excluding hydrogens is 236 g/mol. The number of nitrogens with zero attached hydrogens (tertiary/aromatic N) is 1. The number of carbonyl (C=O) groups excluding carboxylic acids is 1. The lowest BCUT2D eigenvalue weighted by atomic mass is 9.88. The molecule has 1 N–H and O–H groups in total. The number of hydrogen-bond acceptors (Lipinski definition) is 2. The lowest BCUT2D eigenvalue weighted by Gasteiger charge is -2.34. The van der Waals surface area contributed by atoms with Crippen LogP contribution in [0.1, 0.15) is 25.0 Å². The Morgan fingerprint density at radius 2 is 1.89 bits per heavy atom. The minimum absolute atomic E-state index is 0.126. The predicted molar refractivity (Wildman–Crippen MR) is 77.8 cm³/mol. The molecule has 1 aromatic carbocycles. The molecule has 1 atom stereocenters. The summed E-state index contributed by atoms with van der Waals surface area (Å²) in [4.78, 5) is 14.2. The molecule has 1 heterocycles. The number of amides is 1. The smallest absolute Gasteiger partial charge is 0.225 e. The number of nitrogens with one attached hydrogen (secondary N) is 1. The van der Waals surface area contributed by atoms with E-state index in [-0.39, 0.29) is 11.8 Å². The van der Waals surface area contributed by atoms with E-state index in [4.69, 9.17) is 0 Å². The Morgan fingerprint density at radius 3 is 2.37 bits per heavy atom. The SMILES string of the molecule is CCc1ccc(CN(C)C(=O)C(C)C2CNC2)cc1. The van der Waals surface area contributed by atoms with Crippen molar-refractivity contribution in [2.75, 3.05) is 20.1 Å². The molecule has 19 heavy (non-hydrogen) atoms. The van der Waals surface area contributed by atoms with Crippen molar-refractivity contribution in [1.29, 1.82) is 0 Å². The minimum atomic E-state index is 0.126. The largest absolute Gasteiger partial charge is 0.341 e. The summed E-state index contributed by atoms with van der Waals surface area (Å²) in [6, 6.07) is 8.54. The summed E-state index contributed by atoms with van der Waals surface area (Å²) in [5, 5.41) is 3.23. The molecule has 1 aromatic rings. The Labute approximate surface area is 116 Å². The van der Waals surface area contributed by atoms with Gasteiger partial charge in [0.25, 0.3) is 0 Å².